The van der Waals surface area contributed by atoms with Gasteiger partial charge in [-0.15, -0.1) is 0 Å². The molecule has 0 saturated carbocycles. The van der Waals surface area contributed by atoms with Crippen LogP contribution in [0.25, 0.3) is 0 Å². The van der Waals surface area contributed by atoms with Crippen molar-refractivity contribution < 1.29 is 24.1 Å². The van der Waals surface area contributed by atoms with Crippen LogP contribution in [0.5, 0.6) is 11.5 Å². The van der Waals surface area contributed by atoms with Gasteiger partial charge in [0.1, 0.15) is 5.60 Å². The van der Waals surface area contributed by atoms with Crippen LogP contribution in [0.3, 0.4) is 0 Å². The minimum Gasteiger partial charge on any atom is -0.493 e. The molecule has 0 aromatic heterocycles. The molecule has 6 heteroatoms. The van der Waals surface area contributed by atoms with Crippen molar-refractivity contribution in [2.45, 2.75) is 44.8 Å². The van der Waals surface area contributed by atoms with E-state index in [4.69, 9.17) is 14.2 Å². The molecule has 2 atom stereocenters. The molecule has 134 valence electrons. The lowest BCUT2D eigenvalue weighted by atomic mass is 9.86. The fourth-order valence-electron chi connectivity index (χ4n) is 2.99. The fourth-order valence-corrected chi connectivity index (χ4v) is 2.99. The van der Waals surface area contributed by atoms with Gasteiger partial charge >= 0.3 is 6.09 Å². The monoisotopic (exact) mass is 337 g/mol. The Hall–Kier alpha value is -1.95. The second kappa shape index (κ2) is 7.30. The number of ether oxygens (including phenoxy) is 3. The molecule has 1 fully saturated rings. The molecule has 0 bridgehead atoms. The number of amides is 1. The predicted molar refractivity (Wildman–Crippen MR) is 90.7 cm³/mol. The number of likely N-dealkylation sites (tertiary alicyclic amines) is 1. The SMILES string of the molecule is COc1cccc([C@@H]2CCN(C(=O)OC(C)(C)C)C[C@@H]2O)c1OC. The second-order valence-corrected chi connectivity index (χ2v) is 6.97. The lowest BCUT2D eigenvalue weighted by molar-refractivity contribution is -0.00172. The summed E-state index contributed by atoms with van der Waals surface area (Å²) in [5.74, 6) is 1.15. The van der Waals surface area contributed by atoms with Crippen LogP contribution in [0.1, 0.15) is 38.7 Å². The maximum absolute atomic E-state index is 12.2. The number of aliphatic hydroxyl groups is 1. The van der Waals surface area contributed by atoms with E-state index in [0.717, 1.165) is 5.56 Å². The summed E-state index contributed by atoms with van der Waals surface area (Å²) < 4.78 is 16.2. The normalized spacial score (nSPS) is 21.3. The van der Waals surface area contributed by atoms with Crippen molar-refractivity contribution in [3.63, 3.8) is 0 Å². The van der Waals surface area contributed by atoms with Crippen molar-refractivity contribution >= 4 is 6.09 Å². The number of carbonyl (C=O) groups excluding carboxylic acids is 1. The summed E-state index contributed by atoms with van der Waals surface area (Å²) in [6.07, 6.45) is -0.450. The summed E-state index contributed by atoms with van der Waals surface area (Å²) in [7, 11) is 3.17. The van der Waals surface area contributed by atoms with Gasteiger partial charge in [0.05, 0.1) is 26.9 Å². The van der Waals surface area contributed by atoms with Gasteiger partial charge in [0.15, 0.2) is 11.5 Å². The molecule has 1 saturated heterocycles. The topological polar surface area (TPSA) is 68.2 Å². The van der Waals surface area contributed by atoms with E-state index in [0.29, 0.717) is 24.5 Å². The Bertz CT molecular complexity index is 581. The van der Waals surface area contributed by atoms with Crippen LogP contribution in [-0.4, -0.2) is 55.1 Å². The summed E-state index contributed by atoms with van der Waals surface area (Å²) in [5.41, 5.74) is 0.350. The predicted octanol–water partition coefficient (Wildman–Crippen LogP) is 2.79. The van der Waals surface area contributed by atoms with Crippen molar-refractivity contribution in [3.05, 3.63) is 23.8 Å². The molecule has 0 spiro atoms. The summed E-state index contributed by atoms with van der Waals surface area (Å²) >= 11 is 0. The highest BCUT2D eigenvalue weighted by Crippen LogP contribution is 2.39. The van der Waals surface area contributed by atoms with Crippen molar-refractivity contribution in [2.24, 2.45) is 0 Å². The van der Waals surface area contributed by atoms with Crippen molar-refractivity contribution in [3.8, 4) is 11.5 Å². The van der Waals surface area contributed by atoms with E-state index >= 15 is 0 Å². The number of carbonyl (C=O) groups is 1. The van der Waals surface area contributed by atoms with Gasteiger partial charge in [-0.3, -0.25) is 0 Å². The number of para-hydroxylation sites is 1. The van der Waals surface area contributed by atoms with Gasteiger partial charge in [-0.05, 0) is 33.3 Å². The van der Waals surface area contributed by atoms with Crippen LogP contribution >= 0.6 is 0 Å². The Kier molecular flexibility index (Phi) is 5.59. The molecular weight excluding hydrogens is 310 g/mol. The first-order chi connectivity index (χ1) is 11.3. The van der Waals surface area contributed by atoms with Gasteiger partial charge in [-0.25, -0.2) is 4.79 Å². The molecule has 0 unspecified atom stereocenters. The Morgan fingerprint density at radius 2 is 1.96 bits per heavy atom. The standard InChI is InChI=1S/C18H27NO5/c1-18(2,3)24-17(21)19-10-9-12(14(20)11-19)13-7-6-8-15(22-4)16(13)23-5/h6-8,12,14,20H,9-11H2,1-5H3/t12-,14-/m0/s1. The molecule has 1 aromatic rings. The molecule has 2 rings (SSSR count). The van der Waals surface area contributed by atoms with Gasteiger partial charge in [-0.1, -0.05) is 12.1 Å². The van der Waals surface area contributed by atoms with E-state index in [2.05, 4.69) is 0 Å². The highest BCUT2D eigenvalue weighted by molar-refractivity contribution is 5.68. The molecule has 6 nitrogen and oxygen atoms in total. The average molecular weight is 337 g/mol. The number of hydrogen-bond acceptors (Lipinski definition) is 5. The zero-order valence-electron chi connectivity index (χ0n) is 15.0. The van der Waals surface area contributed by atoms with E-state index in [1.807, 2.05) is 39.0 Å². The lowest BCUT2D eigenvalue weighted by Crippen LogP contribution is -2.47. The number of rotatable bonds is 3. The summed E-state index contributed by atoms with van der Waals surface area (Å²) in [6.45, 7) is 6.25. The molecule has 1 aliphatic rings. The number of hydrogen-bond donors (Lipinski definition) is 1. The largest absolute Gasteiger partial charge is 0.493 e. The third-order valence-corrected chi connectivity index (χ3v) is 4.07. The first-order valence-electron chi connectivity index (χ1n) is 8.13. The first-order valence-corrected chi connectivity index (χ1v) is 8.13. The molecule has 0 aliphatic carbocycles. The van der Waals surface area contributed by atoms with Crippen LogP contribution in [0, 0.1) is 0 Å². The van der Waals surface area contributed by atoms with Crippen molar-refractivity contribution in [2.75, 3.05) is 27.3 Å². The minimum absolute atomic E-state index is 0.117. The summed E-state index contributed by atoms with van der Waals surface area (Å²) in [6, 6.07) is 5.63. The third-order valence-electron chi connectivity index (χ3n) is 4.07. The second-order valence-electron chi connectivity index (χ2n) is 6.97. The third kappa shape index (κ3) is 4.12. The molecule has 24 heavy (non-hydrogen) atoms. The van der Waals surface area contributed by atoms with Crippen LogP contribution in [0.2, 0.25) is 0 Å². The highest BCUT2D eigenvalue weighted by Gasteiger charge is 2.35. The molecule has 0 radical (unpaired) electrons. The van der Waals surface area contributed by atoms with Crippen LogP contribution in [-0.2, 0) is 4.74 Å². The van der Waals surface area contributed by atoms with Crippen LogP contribution in [0.15, 0.2) is 18.2 Å². The van der Waals surface area contributed by atoms with Gasteiger partial charge in [0, 0.05) is 18.0 Å². The Morgan fingerprint density at radius 3 is 2.50 bits per heavy atom. The summed E-state index contributed by atoms with van der Waals surface area (Å²) in [5, 5.41) is 10.6. The molecule has 1 aromatic carbocycles. The van der Waals surface area contributed by atoms with Crippen LogP contribution in [0.4, 0.5) is 4.79 Å². The van der Waals surface area contributed by atoms with E-state index in [9.17, 15) is 9.90 Å². The molecule has 1 N–H and O–H groups in total. The van der Waals surface area contributed by atoms with Crippen molar-refractivity contribution in [1.29, 1.82) is 0 Å². The molecular formula is C18H27NO5. The maximum atomic E-state index is 12.2. The van der Waals surface area contributed by atoms with Crippen LogP contribution < -0.4 is 9.47 Å². The number of nitrogens with zero attached hydrogens (tertiary/aromatic N) is 1. The lowest BCUT2D eigenvalue weighted by Gasteiger charge is -2.37. The maximum Gasteiger partial charge on any atom is 0.410 e. The fraction of sp³-hybridized carbons (Fsp3) is 0.611. The molecule has 1 aliphatic heterocycles. The van der Waals surface area contributed by atoms with Gasteiger partial charge in [-0.2, -0.15) is 0 Å². The smallest absolute Gasteiger partial charge is 0.410 e. The highest BCUT2D eigenvalue weighted by atomic mass is 16.6. The van der Waals surface area contributed by atoms with Crippen molar-refractivity contribution in [1.82, 2.24) is 4.90 Å². The first kappa shape index (κ1) is 18.4. The Labute approximate surface area is 143 Å². The minimum atomic E-state index is -0.688. The molecule has 1 amide bonds. The summed E-state index contributed by atoms with van der Waals surface area (Å²) in [4.78, 5) is 13.7. The van der Waals surface area contributed by atoms with Gasteiger partial charge in [0.2, 0.25) is 0 Å². The Balaban J connectivity index is 2.13. The molecule has 1 heterocycles. The van der Waals surface area contributed by atoms with E-state index in [1.165, 1.54) is 0 Å². The van der Waals surface area contributed by atoms with E-state index in [-0.39, 0.29) is 12.5 Å². The zero-order valence-corrected chi connectivity index (χ0v) is 15.0. The number of aliphatic hydroxyl groups excluding tert-OH is 1. The average Bonchev–Trinajstić information content (AvgIpc) is 2.52. The number of methoxy groups -OCH3 is 2. The van der Waals surface area contributed by atoms with E-state index < -0.39 is 17.8 Å². The van der Waals surface area contributed by atoms with Gasteiger partial charge in [0.25, 0.3) is 0 Å². The Morgan fingerprint density at radius 1 is 1.25 bits per heavy atom. The quantitative estimate of drug-likeness (QED) is 0.918. The van der Waals surface area contributed by atoms with E-state index in [1.54, 1.807) is 19.1 Å². The number of piperidine rings is 1. The number of benzene rings is 1. The number of β-amino-alcohol motifs (C(OH)–C–C–N with tert-alkyl or cyclic N) is 1. The van der Waals surface area contributed by atoms with Gasteiger partial charge < -0.3 is 24.2 Å². The zero-order chi connectivity index (χ0) is 17.9.